The van der Waals surface area contributed by atoms with Crippen molar-refractivity contribution in [1.29, 1.82) is 0 Å². The molecule has 0 amide bonds. The summed E-state index contributed by atoms with van der Waals surface area (Å²) in [5.74, 6) is 1.12. The lowest BCUT2D eigenvalue weighted by Crippen LogP contribution is -2.04. The number of methoxy groups -OCH3 is 2. The average molecular weight is 229 g/mol. The van der Waals surface area contributed by atoms with Gasteiger partial charge in [0.25, 0.3) is 0 Å². The molecule has 0 radical (unpaired) electrons. The molecule has 0 spiro atoms. The summed E-state index contributed by atoms with van der Waals surface area (Å²) in [5.41, 5.74) is 0.631. The molecule has 0 bridgehead atoms. The van der Waals surface area contributed by atoms with Gasteiger partial charge in [-0.25, -0.2) is 0 Å². The summed E-state index contributed by atoms with van der Waals surface area (Å²) in [7, 11) is 3.09. The summed E-state index contributed by atoms with van der Waals surface area (Å²) in [6.45, 7) is 1.44. The molecule has 0 heterocycles. The molecule has 4 heteroatoms. The molecule has 3 nitrogen and oxygen atoms in total. The van der Waals surface area contributed by atoms with Gasteiger partial charge in [0.05, 0.1) is 14.2 Å². The lowest BCUT2D eigenvalue weighted by atomic mass is 10.1. The van der Waals surface area contributed by atoms with Crippen molar-refractivity contribution in [3.63, 3.8) is 0 Å². The van der Waals surface area contributed by atoms with Crippen LogP contribution >= 0.6 is 11.6 Å². The Kier molecular flexibility index (Phi) is 3.97. The zero-order valence-corrected chi connectivity index (χ0v) is 9.67. The molecule has 0 aliphatic carbocycles. The minimum Gasteiger partial charge on any atom is -0.497 e. The number of alkyl halides is 1. The van der Waals surface area contributed by atoms with Crippen molar-refractivity contribution in [3.8, 4) is 11.5 Å². The lowest BCUT2D eigenvalue weighted by Gasteiger charge is -2.12. The molecule has 0 N–H and O–H groups in total. The normalized spacial score (nSPS) is 12.0. The fourth-order valence-electron chi connectivity index (χ4n) is 1.26. The number of halogens is 1. The Morgan fingerprint density at radius 1 is 1.33 bits per heavy atom. The highest BCUT2D eigenvalue weighted by molar-refractivity contribution is 6.31. The molecular formula is C11H13ClO3. The first kappa shape index (κ1) is 11.9. The van der Waals surface area contributed by atoms with E-state index in [9.17, 15) is 4.79 Å². The molecule has 1 aromatic rings. The number of carbonyl (C=O) groups is 1. The van der Waals surface area contributed by atoms with Crippen LogP contribution in [0.1, 0.15) is 17.9 Å². The summed E-state index contributed by atoms with van der Waals surface area (Å²) in [6.07, 6.45) is 0. The van der Waals surface area contributed by atoms with E-state index < -0.39 is 5.38 Å². The van der Waals surface area contributed by atoms with Gasteiger partial charge in [-0.05, 0) is 25.1 Å². The molecule has 0 aliphatic heterocycles. The Labute approximate surface area is 93.9 Å². The number of benzene rings is 1. The average Bonchev–Trinajstić information content (AvgIpc) is 2.27. The summed E-state index contributed by atoms with van der Waals surface area (Å²) in [5, 5.41) is -0.699. The van der Waals surface area contributed by atoms with Crippen molar-refractivity contribution >= 4 is 17.4 Å². The van der Waals surface area contributed by atoms with Crippen LogP contribution in [0.25, 0.3) is 0 Å². The fourth-order valence-corrected chi connectivity index (χ4v) is 1.43. The van der Waals surface area contributed by atoms with Crippen molar-refractivity contribution in [1.82, 2.24) is 0 Å². The minimum atomic E-state index is -0.699. The van der Waals surface area contributed by atoms with Gasteiger partial charge in [0, 0.05) is 5.56 Å². The Morgan fingerprint density at radius 3 is 2.47 bits per heavy atom. The van der Waals surface area contributed by atoms with Gasteiger partial charge in [0.2, 0.25) is 0 Å². The largest absolute Gasteiger partial charge is 0.497 e. The number of hydrogen-bond donors (Lipinski definition) is 0. The number of Topliss-reactive ketones (excluding diaryl/α,β-unsaturated/α-hetero) is 1. The maximum atomic E-state index is 11.2. The van der Waals surface area contributed by atoms with Crippen molar-refractivity contribution in [2.45, 2.75) is 12.3 Å². The highest BCUT2D eigenvalue weighted by Crippen LogP contribution is 2.33. The zero-order valence-electron chi connectivity index (χ0n) is 8.91. The molecule has 1 atom stereocenters. The van der Waals surface area contributed by atoms with Crippen LogP contribution in [-0.2, 0) is 4.79 Å². The fraction of sp³-hybridized carbons (Fsp3) is 0.364. The minimum absolute atomic E-state index is 0.122. The molecule has 1 unspecified atom stereocenters. The second-order valence-electron chi connectivity index (χ2n) is 3.08. The van der Waals surface area contributed by atoms with Gasteiger partial charge >= 0.3 is 0 Å². The van der Waals surface area contributed by atoms with Gasteiger partial charge in [-0.1, -0.05) is 0 Å². The summed E-state index contributed by atoms with van der Waals surface area (Å²) in [6, 6.07) is 5.19. The smallest absolute Gasteiger partial charge is 0.152 e. The summed E-state index contributed by atoms with van der Waals surface area (Å²) < 4.78 is 10.2. The summed E-state index contributed by atoms with van der Waals surface area (Å²) in [4.78, 5) is 11.2. The van der Waals surface area contributed by atoms with Crippen LogP contribution in [-0.4, -0.2) is 20.0 Å². The number of hydrogen-bond acceptors (Lipinski definition) is 3. The second kappa shape index (κ2) is 5.03. The van der Waals surface area contributed by atoms with E-state index in [0.717, 1.165) is 0 Å². The second-order valence-corrected chi connectivity index (χ2v) is 3.52. The van der Waals surface area contributed by atoms with Crippen molar-refractivity contribution in [2.24, 2.45) is 0 Å². The highest BCUT2D eigenvalue weighted by Gasteiger charge is 2.18. The number of ether oxygens (including phenoxy) is 2. The highest BCUT2D eigenvalue weighted by atomic mass is 35.5. The third-order valence-corrected chi connectivity index (χ3v) is 2.61. The Morgan fingerprint density at radius 2 is 2.00 bits per heavy atom. The first-order chi connectivity index (χ1) is 7.10. The van der Waals surface area contributed by atoms with Crippen LogP contribution in [0, 0.1) is 0 Å². The quantitative estimate of drug-likeness (QED) is 0.743. The van der Waals surface area contributed by atoms with Crippen LogP contribution in [0.2, 0.25) is 0 Å². The van der Waals surface area contributed by atoms with Crippen LogP contribution in [0.5, 0.6) is 11.5 Å². The van der Waals surface area contributed by atoms with Gasteiger partial charge < -0.3 is 9.47 Å². The number of rotatable bonds is 4. The van der Waals surface area contributed by atoms with Gasteiger partial charge in [-0.15, -0.1) is 11.6 Å². The van der Waals surface area contributed by atoms with E-state index in [1.165, 1.54) is 14.0 Å². The molecule has 0 saturated heterocycles. The molecule has 1 aromatic carbocycles. The standard InChI is InChI=1S/C11H13ClO3/c1-7(13)11(12)9-6-8(14-2)4-5-10(9)15-3/h4-6,11H,1-3H3. The number of carbonyl (C=O) groups excluding carboxylic acids is 1. The SMILES string of the molecule is COc1ccc(OC)c(C(Cl)C(C)=O)c1. The van der Waals surface area contributed by atoms with E-state index in [1.807, 2.05) is 0 Å². The predicted molar refractivity (Wildman–Crippen MR) is 58.8 cm³/mol. The van der Waals surface area contributed by atoms with Crippen molar-refractivity contribution in [2.75, 3.05) is 14.2 Å². The molecule has 0 saturated carbocycles. The van der Waals surface area contributed by atoms with Crippen LogP contribution in [0.3, 0.4) is 0 Å². The van der Waals surface area contributed by atoms with E-state index in [1.54, 1.807) is 25.3 Å². The van der Waals surface area contributed by atoms with E-state index in [0.29, 0.717) is 17.1 Å². The van der Waals surface area contributed by atoms with E-state index in [4.69, 9.17) is 21.1 Å². The molecule has 0 fully saturated rings. The molecule has 82 valence electrons. The molecule has 1 rings (SSSR count). The van der Waals surface area contributed by atoms with E-state index >= 15 is 0 Å². The first-order valence-electron chi connectivity index (χ1n) is 4.46. The maximum absolute atomic E-state index is 11.2. The third kappa shape index (κ3) is 2.63. The molecule has 0 aliphatic rings. The summed E-state index contributed by atoms with van der Waals surface area (Å²) >= 11 is 5.97. The van der Waals surface area contributed by atoms with Gasteiger partial charge in [0.15, 0.2) is 5.78 Å². The van der Waals surface area contributed by atoms with E-state index in [-0.39, 0.29) is 5.78 Å². The third-order valence-electron chi connectivity index (χ3n) is 2.07. The maximum Gasteiger partial charge on any atom is 0.152 e. The first-order valence-corrected chi connectivity index (χ1v) is 4.90. The van der Waals surface area contributed by atoms with Crippen molar-refractivity contribution in [3.05, 3.63) is 23.8 Å². The number of ketones is 1. The Bertz CT molecular complexity index is 363. The lowest BCUT2D eigenvalue weighted by molar-refractivity contribution is -0.116. The Hall–Kier alpha value is -1.22. The van der Waals surface area contributed by atoms with E-state index in [2.05, 4.69) is 0 Å². The molecule has 0 aromatic heterocycles. The predicted octanol–water partition coefficient (Wildman–Crippen LogP) is 2.57. The molecule has 15 heavy (non-hydrogen) atoms. The van der Waals surface area contributed by atoms with Crippen LogP contribution in [0.4, 0.5) is 0 Å². The van der Waals surface area contributed by atoms with Gasteiger partial charge in [-0.2, -0.15) is 0 Å². The Balaban J connectivity index is 3.16. The van der Waals surface area contributed by atoms with Gasteiger partial charge in [-0.3, -0.25) is 4.79 Å². The van der Waals surface area contributed by atoms with Crippen LogP contribution in [0.15, 0.2) is 18.2 Å². The monoisotopic (exact) mass is 228 g/mol. The van der Waals surface area contributed by atoms with Gasteiger partial charge in [0.1, 0.15) is 16.9 Å². The van der Waals surface area contributed by atoms with Crippen molar-refractivity contribution < 1.29 is 14.3 Å². The van der Waals surface area contributed by atoms with Crippen LogP contribution < -0.4 is 9.47 Å². The zero-order chi connectivity index (χ0) is 11.4. The topological polar surface area (TPSA) is 35.5 Å². The molecular weight excluding hydrogens is 216 g/mol.